The summed E-state index contributed by atoms with van der Waals surface area (Å²) in [4.78, 5) is 2.14. The topological polar surface area (TPSA) is 69.6 Å². The first-order valence-corrected chi connectivity index (χ1v) is 9.82. The van der Waals surface area contributed by atoms with Crippen LogP contribution >= 0.6 is 0 Å². The molecular formula is C23H29NO6. The molecule has 0 amide bonds. The number of benzene rings is 2. The van der Waals surface area contributed by atoms with Crippen molar-refractivity contribution in [1.29, 1.82) is 0 Å². The minimum atomic E-state index is -0.643. The highest BCUT2D eigenvalue weighted by Crippen LogP contribution is 2.34. The summed E-state index contributed by atoms with van der Waals surface area (Å²) in [6.07, 6.45) is 1.02. The Morgan fingerprint density at radius 2 is 1.97 bits per heavy atom. The summed E-state index contributed by atoms with van der Waals surface area (Å²) in [5.74, 6) is 2.85. The number of hydrogen-bond acceptors (Lipinski definition) is 7. The van der Waals surface area contributed by atoms with E-state index < -0.39 is 6.10 Å². The van der Waals surface area contributed by atoms with Crippen LogP contribution in [0.5, 0.6) is 23.0 Å². The fourth-order valence-corrected chi connectivity index (χ4v) is 3.44. The molecule has 162 valence electrons. The lowest BCUT2D eigenvalue weighted by atomic mass is 10.1. The van der Waals surface area contributed by atoms with Crippen molar-refractivity contribution in [3.8, 4) is 23.0 Å². The first kappa shape index (κ1) is 22.0. The molecule has 0 spiro atoms. The third-order valence-corrected chi connectivity index (χ3v) is 4.74. The Kier molecular flexibility index (Phi) is 7.96. The van der Waals surface area contributed by atoms with Crippen molar-refractivity contribution in [3.05, 3.63) is 60.2 Å². The van der Waals surface area contributed by atoms with Crippen LogP contribution in [0.3, 0.4) is 0 Å². The van der Waals surface area contributed by atoms with Gasteiger partial charge in [0.05, 0.1) is 33.5 Å². The van der Waals surface area contributed by atoms with Gasteiger partial charge >= 0.3 is 0 Å². The summed E-state index contributed by atoms with van der Waals surface area (Å²) in [7, 11) is 3.24. The summed E-state index contributed by atoms with van der Waals surface area (Å²) in [6, 6.07) is 11.7. The van der Waals surface area contributed by atoms with Crippen molar-refractivity contribution < 1.29 is 28.8 Å². The number of para-hydroxylation sites is 1. The Bertz CT molecular complexity index is 840. The quantitative estimate of drug-likeness (QED) is 0.422. The van der Waals surface area contributed by atoms with E-state index in [-0.39, 0.29) is 13.4 Å². The molecule has 2 aromatic rings. The molecule has 3 rings (SSSR count). The molecule has 1 aliphatic rings. The molecule has 30 heavy (non-hydrogen) atoms. The molecule has 0 fully saturated rings. The molecule has 1 aliphatic heterocycles. The fourth-order valence-electron chi connectivity index (χ4n) is 3.44. The zero-order chi connectivity index (χ0) is 21.3. The first-order valence-electron chi connectivity index (χ1n) is 9.82. The highest BCUT2D eigenvalue weighted by atomic mass is 16.7. The van der Waals surface area contributed by atoms with E-state index in [9.17, 15) is 5.11 Å². The molecule has 0 bridgehead atoms. The van der Waals surface area contributed by atoms with Gasteiger partial charge in [-0.15, -0.1) is 6.58 Å². The highest BCUT2D eigenvalue weighted by Gasteiger charge is 2.19. The van der Waals surface area contributed by atoms with E-state index in [4.69, 9.17) is 23.7 Å². The maximum atomic E-state index is 10.5. The number of aliphatic hydroxyl groups excluding tert-OH is 1. The second-order valence-electron chi connectivity index (χ2n) is 6.99. The summed E-state index contributed by atoms with van der Waals surface area (Å²) in [5.41, 5.74) is 2.03. The number of hydrogen-bond donors (Lipinski definition) is 1. The molecule has 0 radical (unpaired) electrons. The van der Waals surface area contributed by atoms with Crippen LogP contribution < -0.4 is 18.9 Å². The average Bonchev–Trinajstić information content (AvgIpc) is 3.21. The molecule has 1 N–H and O–H groups in total. The van der Waals surface area contributed by atoms with Crippen LogP contribution in [0.1, 0.15) is 11.1 Å². The molecule has 1 atom stereocenters. The molecule has 2 aromatic carbocycles. The van der Waals surface area contributed by atoms with Gasteiger partial charge < -0.3 is 28.8 Å². The molecule has 7 nitrogen and oxygen atoms in total. The van der Waals surface area contributed by atoms with Crippen molar-refractivity contribution in [2.24, 2.45) is 0 Å². The zero-order valence-corrected chi connectivity index (χ0v) is 17.5. The van der Waals surface area contributed by atoms with E-state index in [1.54, 1.807) is 20.3 Å². The minimum absolute atomic E-state index is 0.235. The molecule has 0 saturated carbocycles. The molecule has 0 aromatic heterocycles. The van der Waals surface area contributed by atoms with Gasteiger partial charge in [0.2, 0.25) is 6.79 Å². The Morgan fingerprint density at radius 3 is 2.73 bits per heavy atom. The smallest absolute Gasteiger partial charge is 0.231 e. The van der Waals surface area contributed by atoms with Gasteiger partial charge in [-0.05, 0) is 23.8 Å². The number of nitrogens with zero attached hydrogens (tertiary/aromatic N) is 1. The van der Waals surface area contributed by atoms with Gasteiger partial charge in [-0.2, -0.15) is 0 Å². The van der Waals surface area contributed by atoms with Crippen molar-refractivity contribution in [2.45, 2.75) is 19.2 Å². The monoisotopic (exact) mass is 415 g/mol. The highest BCUT2D eigenvalue weighted by molar-refractivity contribution is 5.47. The minimum Gasteiger partial charge on any atom is -0.493 e. The fraction of sp³-hybridized carbons (Fsp3) is 0.391. The standard InChI is InChI=1S/C23H29NO6/c1-4-10-28-15-19(25)14-24(12-17-8-9-20-22(11-17)30-16-29-20)13-18-6-5-7-21(26-2)23(18)27-3/h4-9,11,19,25H,1,10,12-16H2,2-3H3/t19-/m0/s1. The van der Waals surface area contributed by atoms with Crippen molar-refractivity contribution in [2.75, 3.05) is 40.8 Å². The second-order valence-corrected chi connectivity index (χ2v) is 6.99. The second kappa shape index (κ2) is 10.9. The summed E-state index contributed by atoms with van der Waals surface area (Å²) in [5, 5.41) is 10.5. The van der Waals surface area contributed by atoms with E-state index in [1.807, 2.05) is 36.4 Å². The molecule has 0 unspecified atom stereocenters. The Hall–Kier alpha value is -2.74. The summed E-state index contributed by atoms with van der Waals surface area (Å²) >= 11 is 0. The van der Waals surface area contributed by atoms with E-state index in [1.165, 1.54) is 0 Å². The molecule has 0 aliphatic carbocycles. The Labute approximate surface area is 177 Å². The molecule has 0 saturated heterocycles. The van der Waals surface area contributed by atoms with E-state index in [2.05, 4.69) is 11.5 Å². The Morgan fingerprint density at radius 1 is 1.13 bits per heavy atom. The van der Waals surface area contributed by atoms with Crippen LogP contribution in [0.2, 0.25) is 0 Å². The Balaban J connectivity index is 1.77. The third-order valence-electron chi connectivity index (χ3n) is 4.74. The SMILES string of the molecule is C=CCOC[C@@H](O)CN(Cc1ccc2c(c1)OCO2)Cc1cccc(OC)c1OC. The van der Waals surface area contributed by atoms with Gasteiger partial charge in [-0.1, -0.05) is 24.3 Å². The van der Waals surface area contributed by atoms with Gasteiger partial charge in [0.25, 0.3) is 0 Å². The normalized spacial score (nSPS) is 13.3. The lowest BCUT2D eigenvalue weighted by Gasteiger charge is -2.26. The predicted octanol–water partition coefficient (Wildman–Crippen LogP) is 3.00. The van der Waals surface area contributed by atoms with Crippen molar-refractivity contribution >= 4 is 0 Å². The lowest BCUT2D eigenvalue weighted by molar-refractivity contribution is 0.0227. The van der Waals surface area contributed by atoms with Crippen LogP contribution in [0.25, 0.3) is 0 Å². The average molecular weight is 415 g/mol. The van der Waals surface area contributed by atoms with Gasteiger partial charge in [0.1, 0.15) is 0 Å². The molecule has 1 heterocycles. The van der Waals surface area contributed by atoms with E-state index >= 15 is 0 Å². The molecular weight excluding hydrogens is 386 g/mol. The maximum absolute atomic E-state index is 10.5. The summed E-state index contributed by atoms with van der Waals surface area (Å²) < 4.78 is 27.3. The summed E-state index contributed by atoms with van der Waals surface area (Å²) in [6.45, 7) is 6.10. The predicted molar refractivity (Wildman–Crippen MR) is 113 cm³/mol. The van der Waals surface area contributed by atoms with Crippen LogP contribution in [0.15, 0.2) is 49.1 Å². The number of rotatable bonds is 12. The number of fused-ring (bicyclic) bond motifs is 1. The lowest BCUT2D eigenvalue weighted by Crippen LogP contribution is -2.34. The van der Waals surface area contributed by atoms with E-state index in [0.29, 0.717) is 37.7 Å². The van der Waals surface area contributed by atoms with Crippen LogP contribution in [-0.2, 0) is 17.8 Å². The van der Waals surface area contributed by atoms with Gasteiger partial charge in [0, 0.05) is 25.2 Å². The first-order chi connectivity index (χ1) is 14.6. The number of aliphatic hydroxyl groups is 1. The third kappa shape index (κ3) is 5.66. The number of methoxy groups -OCH3 is 2. The van der Waals surface area contributed by atoms with Gasteiger partial charge in [-0.25, -0.2) is 0 Å². The van der Waals surface area contributed by atoms with Crippen LogP contribution in [0, 0.1) is 0 Å². The molecule has 7 heteroatoms. The number of ether oxygens (including phenoxy) is 5. The largest absolute Gasteiger partial charge is 0.493 e. The van der Waals surface area contributed by atoms with E-state index in [0.717, 1.165) is 22.6 Å². The van der Waals surface area contributed by atoms with Gasteiger partial charge in [0.15, 0.2) is 23.0 Å². The van der Waals surface area contributed by atoms with Crippen LogP contribution in [-0.4, -0.2) is 56.9 Å². The van der Waals surface area contributed by atoms with Crippen molar-refractivity contribution in [1.82, 2.24) is 4.90 Å². The zero-order valence-electron chi connectivity index (χ0n) is 17.5. The van der Waals surface area contributed by atoms with Crippen molar-refractivity contribution in [3.63, 3.8) is 0 Å². The maximum Gasteiger partial charge on any atom is 0.231 e. The van der Waals surface area contributed by atoms with Gasteiger partial charge in [-0.3, -0.25) is 4.90 Å². The van der Waals surface area contributed by atoms with Crippen LogP contribution in [0.4, 0.5) is 0 Å².